The normalized spacial score (nSPS) is 18.4. The van der Waals surface area contributed by atoms with Crippen LogP contribution in [0.15, 0.2) is 12.4 Å². The number of aromatic nitrogens is 4. The van der Waals surface area contributed by atoms with Crippen LogP contribution in [0, 0.1) is 6.92 Å². The summed E-state index contributed by atoms with van der Waals surface area (Å²) in [6, 6.07) is 2.07. The third kappa shape index (κ3) is 2.83. The van der Waals surface area contributed by atoms with Gasteiger partial charge in [0.2, 0.25) is 0 Å². The molecule has 0 aromatic carbocycles. The van der Waals surface area contributed by atoms with Crippen LogP contribution in [0.4, 0.5) is 5.82 Å². The lowest BCUT2D eigenvalue weighted by Gasteiger charge is -2.35. The molecule has 1 aliphatic carbocycles. The fourth-order valence-corrected chi connectivity index (χ4v) is 3.74. The molecule has 0 spiro atoms. The highest BCUT2D eigenvalue weighted by molar-refractivity contribution is 5.39. The maximum atomic E-state index is 4.69. The molecule has 0 N–H and O–H groups in total. The molecule has 1 saturated heterocycles. The van der Waals surface area contributed by atoms with Crippen LogP contribution >= 0.6 is 0 Å². The number of rotatable bonds is 3. The topological polar surface area (TPSA) is 50.1 Å². The Kier molecular flexibility index (Phi) is 3.77. The molecule has 23 heavy (non-hydrogen) atoms. The molecule has 1 aliphatic heterocycles. The highest BCUT2D eigenvalue weighted by Gasteiger charge is 2.24. The van der Waals surface area contributed by atoms with E-state index in [0.717, 1.165) is 50.7 Å². The minimum absolute atomic E-state index is 1.02. The molecule has 2 aromatic rings. The second-order valence-corrected chi connectivity index (χ2v) is 6.63. The zero-order valence-corrected chi connectivity index (χ0v) is 14.0. The Morgan fingerprint density at radius 3 is 2.70 bits per heavy atom. The first-order valence-corrected chi connectivity index (χ1v) is 8.50. The maximum Gasteiger partial charge on any atom is 0.132 e. The summed E-state index contributed by atoms with van der Waals surface area (Å²) in [5.41, 5.74) is 5.30. The van der Waals surface area contributed by atoms with Gasteiger partial charge in [0.15, 0.2) is 0 Å². The lowest BCUT2D eigenvalue weighted by molar-refractivity contribution is 0.242. The van der Waals surface area contributed by atoms with E-state index in [1.165, 1.54) is 29.8 Å². The van der Waals surface area contributed by atoms with Gasteiger partial charge in [-0.2, -0.15) is 5.10 Å². The monoisotopic (exact) mass is 312 g/mol. The van der Waals surface area contributed by atoms with Crippen LogP contribution in [-0.2, 0) is 26.4 Å². The van der Waals surface area contributed by atoms with Crippen molar-refractivity contribution in [3.05, 3.63) is 35.0 Å². The van der Waals surface area contributed by atoms with Gasteiger partial charge in [-0.15, -0.1) is 0 Å². The van der Waals surface area contributed by atoms with Gasteiger partial charge in [0, 0.05) is 51.5 Å². The number of nitrogens with zero attached hydrogens (tertiary/aromatic N) is 6. The SMILES string of the molecule is Cc1cc(N2CCN(Cc3c4c(nn3C)CCC4)CC2)ncn1. The molecule has 6 nitrogen and oxygen atoms in total. The van der Waals surface area contributed by atoms with E-state index in [9.17, 15) is 0 Å². The van der Waals surface area contributed by atoms with Gasteiger partial charge >= 0.3 is 0 Å². The Bertz CT molecular complexity index is 699. The van der Waals surface area contributed by atoms with Crippen molar-refractivity contribution in [2.24, 2.45) is 7.05 Å². The zero-order valence-electron chi connectivity index (χ0n) is 14.0. The van der Waals surface area contributed by atoms with Crippen LogP contribution in [-0.4, -0.2) is 50.8 Å². The quantitative estimate of drug-likeness (QED) is 0.856. The molecule has 3 heterocycles. The molecular weight excluding hydrogens is 288 g/mol. The van der Waals surface area contributed by atoms with Crippen molar-refractivity contribution in [1.29, 1.82) is 0 Å². The van der Waals surface area contributed by atoms with E-state index in [-0.39, 0.29) is 0 Å². The van der Waals surface area contributed by atoms with E-state index in [4.69, 9.17) is 5.10 Å². The van der Waals surface area contributed by atoms with E-state index in [2.05, 4.69) is 37.6 Å². The Labute approximate surface area is 137 Å². The molecular formula is C17H24N6. The lowest BCUT2D eigenvalue weighted by Crippen LogP contribution is -2.46. The summed E-state index contributed by atoms with van der Waals surface area (Å²) >= 11 is 0. The summed E-state index contributed by atoms with van der Waals surface area (Å²) in [6.07, 6.45) is 5.30. The Balaban J connectivity index is 1.41. The second-order valence-electron chi connectivity index (χ2n) is 6.63. The van der Waals surface area contributed by atoms with Crippen LogP contribution in [0.3, 0.4) is 0 Å². The van der Waals surface area contributed by atoms with E-state index in [1.807, 2.05) is 6.92 Å². The van der Waals surface area contributed by atoms with Gasteiger partial charge in [0.25, 0.3) is 0 Å². The predicted molar refractivity (Wildman–Crippen MR) is 89.5 cm³/mol. The standard InChI is InChI=1S/C17H24N6/c1-13-10-17(19-12-18-13)23-8-6-22(7-9-23)11-16-14-4-3-5-15(14)20-21(16)2/h10,12H,3-9,11H2,1-2H3. The smallest absolute Gasteiger partial charge is 0.132 e. The van der Waals surface area contributed by atoms with Gasteiger partial charge in [-0.3, -0.25) is 9.58 Å². The summed E-state index contributed by atoms with van der Waals surface area (Å²) in [5, 5.41) is 4.69. The number of hydrogen-bond acceptors (Lipinski definition) is 5. The van der Waals surface area contributed by atoms with Crippen LogP contribution < -0.4 is 4.90 Å². The minimum Gasteiger partial charge on any atom is -0.354 e. The fraction of sp³-hybridized carbons (Fsp3) is 0.588. The molecule has 4 rings (SSSR count). The average Bonchev–Trinajstić information content (AvgIpc) is 3.11. The van der Waals surface area contributed by atoms with E-state index < -0.39 is 0 Å². The van der Waals surface area contributed by atoms with E-state index >= 15 is 0 Å². The Hall–Kier alpha value is -1.95. The lowest BCUT2D eigenvalue weighted by atomic mass is 10.2. The van der Waals surface area contributed by atoms with Crippen LogP contribution in [0.2, 0.25) is 0 Å². The van der Waals surface area contributed by atoms with Crippen molar-refractivity contribution in [2.75, 3.05) is 31.1 Å². The van der Waals surface area contributed by atoms with Gasteiger partial charge in [0.05, 0.1) is 11.4 Å². The van der Waals surface area contributed by atoms with E-state index in [1.54, 1.807) is 6.33 Å². The highest BCUT2D eigenvalue weighted by Crippen LogP contribution is 2.25. The number of aryl methyl sites for hydroxylation is 3. The molecule has 1 fully saturated rings. The van der Waals surface area contributed by atoms with Gasteiger partial charge < -0.3 is 4.90 Å². The molecule has 2 aliphatic rings. The van der Waals surface area contributed by atoms with Crippen LogP contribution in [0.25, 0.3) is 0 Å². The maximum absolute atomic E-state index is 4.69. The molecule has 0 atom stereocenters. The Morgan fingerprint density at radius 1 is 1.09 bits per heavy atom. The summed E-state index contributed by atoms with van der Waals surface area (Å²) in [6.45, 7) is 7.24. The molecule has 0 saturated carbocycles. The minimum atomic E-state index is 1.02. The summed E-state index contributed by atoms with van der Waals surface area (Å²) in [7, 11) is 2.09. The average molecular weight is 312 g/mol. The van der Waals surface area contributed by atoms with Gasteiger partial charge in [-0.05, 0) is 31.7 Å². The zero-order chi connectivity index (χ0) is 15.8. The number of piperazine rings is 1. The summed E-state index contributed by atoms with van der Waals surface area (Å²) in [4.78, 5) is 13.5. The van der Waals surface area contributed by atoms with E-state index in [0.29, 0.717) is 0 Å². The Morgan fingerprint density at radius 2 is 1.91 bits per heavy atom. The molecule has 0 amide bonds. The summed E-state index contributed by atoms with van der Waals surface area (Å²) < 4.78 is 2.10. The molecule has 6 heteroatoms. The number of anilines is 1. The predicted octanol–water partition coefficient (Wildman–Crippen LogP) is 1.33. The van der Waals surface area contributed by atoms with Gasteiger partial charge in [-0.1, -0.05) is 0 Å². The largest absolute Gasteiger partial charge is 0.354 e. The fourth-order valence-electron chi connectivity index (χ4n) is 3.74. The van der Waals surface area contributed by atoms with Crippen molar-refractivity contribution >= 4 is 5.82 Å². The van der Waals surface area contributed by atoms with Crippen molar-refractivity contribution in [2.45, 2.75) is 32.7 Å². The first-order chi connectivity index (χ1) is 11.2. The molecule has 2 aromatic heterocycles. The van der Waals surface area contributed by atoms with Crippen molar-refractivity contribution < 1.29 is 0 Å². The first-order valence-electron chi connectivity index (χ1n) is 8.50. The molecule has 0 radical (unpaired) electrons. The number of hydrogen-bond donors (Lipinski definition) is 0. The number of fused-ring (bicyclic) bond motifs is 1. The molecule has 0 bridgehead atoms. The van der Waals surface area contributed by atoms with Crippen molar-refractivity contribution in [1.82, 2.24) is 24.6 Å². The van der Waals surface area contributed by atoms with Gasteiger partial charge in [0.1, 0.15) is 12.1 Å². The second kappa shape index (κ2) is 5.92. The third-order valence-corrected chi connectivity index (χ3v) is 5.06. The molecule has 0 unspecified atom stereocenters. The molecule has 122 valence electrons. The van der Waals surface area contributed by atoms with Gasteiger partial charge in [-0.25, -0.2) is 9.97 Å². The van der Waals surface area contributed by atoms with Crippen LogP contribution in [0.1, 0.15) is 29.1 Å². The highest BCUT2D eigenvalue weighted by atomic mass is 15.3. The summed E-state index contributed by atoms with van der Waals surface area (Å²) in [5.74, 6) is 1.05. The third-order valence-electron chi connectivity index (χ3n) is 5.06. The van der Waals surface area contributed by atoms with Crippen LogP contribution in [0.5, 0.6) is 0 Å². The van der Waals surface area contributed by atoms with Crippen molar-refractivity contribution in [3.8, 4) is 0 Å². The first kappa shape index (κ1) is 14.6. The van der Waals surface area contributed by atoms with Crippen molar-refractivity contribution in [3.63, 3.8) is 0 Å².